The average molecular weight is 403 g/mol. The van der Waals surface area contributed by atoms with Crippen LogP contribution in [-0.2, 0) is 16.1 Å². The smallest absolute Gasteiger partial charge is 0.246 e. The van der Waals surface area contributed by atoms with Crippen molar-refractivity contribution in [3.8, 4) is 0 Å². The summed E-state index contributed by atoms with van der Waals surface area (Å²) in [6.45, 7) is 2.45. The van der Waals surface area contributed by atoms with Crippen molar-refractivity contribution in [2.45, 2.75) is 25.5 Å². The number of benzene rings is 2. The zero-order valence-corrected chi connectivity index (χ0v) is 16.0. The number of carbonyl (C=O) groups excluding carboxylic acids is 1. The number of rotatable bonds is 6. The van der Waals surface area contributed by atoms with E-state index < -0.39 is 0 Å². The molecule has 0 bridgehead atoms. The van der Waals surface area contributed by atoms with Gasteiger partial charge in [0.05, 0.1) is 6.61 Å². The van der Waals surface area contributed by atoms with E-state index in [1.54, 1.807) is 7.11 Å². The highest BCUT2D eigenvalue weighted by atomic mass is 79.9. The van der Waals surface area contributed by atoms with E-state index in [2.05, 4.69) is 26.1 Å². The summed E-state index contributed by atoms with van der Waals surface area (Å²) >= 11 is 3.47. The third-order valence-electron chi connectivity index (χ3n) is 4.45. The van der Waals surface area contributed by atoms with Crippen LogP contribution in [0.1, 0.15) is 30.0 Å². The number of hydrogen-bond donors (Lipinski definition) is 1. The second-order valence-electron chi connectivity index (χ2n) is 6.32. The van der Waals surface area contributed by atoms with Gasteiger partial charge in [-0.15, -0.1) is 0 Å². The molecule has 0 saturated carbocycles. The molecule has 0 unspecified atom stereocenters. The molecule has 1 saturated heterocycles. The van der Waals surface area contributed by atoms with Crippen molar-refractivity contribution in [2.24, 2.45) is 0 Å². The summed E-state index contributed by atoms with van der Waals surface area (Å²) in [4.78, 5) is 15.3. The van der Waals surface area contributed by atoms with Gasteiger partial charge in [0, 0.05) is 17.3 Å². The first kappa shape index (κ1) is 18.1. The van der Waals surface area contributed by atoms with Gasteiger partial charge >= 0.3 is 0 Å². The third-order valence-corrected chi connectivity index (χ3v) is 4.97. The Balaban J connectivity index is 1.81. The van der Waals surface area contributed by atoms with Crippen LogP contribution in [0.15, 0.2) is 53.0 Å². The zero-order chi connectivity index (χ0) is 17.6. The summed E-state index contributed by atoms with van der Waals surface area (Å²) in [5, 5.41) is 3.08. The summed E-state index contributed by atoms with van der Waals surface area (Å²) in [6, 6.07) is 15.6. The predicted octanol–water partition coefficient (Wildman–Crippen LogP) is 4.37. The number of ether oxygens (including phenoxy) is 1. The Morgan fingerprint density at radius 2 is 1.92 bits per heavy atom. The van der Waals surface area contributed by atoms with Crippen LogP contribution in [0.2, 0.25) is 0 Å². The molecule has 0 aliphatic carbocycles. The summed E-state index contributed by atoms with van der Waals surface area (Å²) in [5.74, 6) is 0.0128. The average Bonchev–Trinajstić information content (AvgIpc) is 3.11. The first-order valence-electron chi connectivity index (χ1n) is 8.55. The van der Waals surface area contributed by atoms with E-state index >= 15 is 0 Å². The van der Waals surface area contributed by atoms with E-state index in [4.69, 9.17) is 4.74 Å². The summed E-state index contributed by atoms with van der Waals surface area (Å²) in [7, 11) is 1.67. The second-order valence-corrected chi connectivity index (χ2v) is 7.24. The molecule has 0 aromatic heterocycles. The van der Waals surface area contributed by atoms with E-state index in [0.717, 1.165) is 47.2 Å². The van der Waals surface area contributed by atoms with E-state index in [1.807, 2.05) is 48.5 Å². The first-order valence-corrected chi connectivity index (χ1v) is 9.35. The maximum atomic E-state index is 13.1. The zero-order valence-electron chi connectivity index (χ0n) is 14.4. The van der Waals surface area contributed by atoms with Crippen LogP contribution in [-0.4, -0.2) is 31.0 Å². The maximum absolute atomic E-state index is 13.1. The Labute approximate surface area is 157 Å². The lowest BCUT2D eigenvalue weighted by Gasteiger charge is -2.27. The Hall–Kier alpha value is -1.69. The van der Waals surface area contributed by atoms with E-state index in [-0.39, 0.29) is 11.9 Å². The Bertz CT molecular complexity index is 712. The molecule has 132 valence electrons. The number of nitrogens with zero attached hydrogens (tertiary/aromatic N) is 1. The second kappa shape index (κ2) is 8.61. The number of halogens is 1. The Morgan fingerprint density at radius 1 is 1.20 bits per heavy atom. The minimum absolute atomic E-state index is 0.0128. The van der Waals surface area contributed by atoms with Gasteiger partial charge in [0.2, 0.25) is 5.91 Å². The van der Waals surface area contributed by atoms with Gasteiger partial charge in [0.15, 0.2) is 0 Å². The normalized spacial score (nSPS) is 15.9. The number of likely N-dealkylation sites (tertiary alicyclic amines) is 1. The standard InChI is InChI=1S/C20H23BrN2O2/c1-25-14-15-5-4-6-18(13-15)22-20(24)19(23-11-2-3-12-23)16-7-9-17(21)10-8-16/h4-10,13,19H,2-3,11-12,14H2,1H3,(H,22,24)/t19-/m1/s1. The van der Waals surface area contributed by atoms with Gasteiger partial charge in [-0.05, 0) is 61.3 Å². The molecule has 1 aliphatic heterocycles. The lowest BCUT2D eigenvalue weighted by molar-refractivity contribution is -0.121. The molecule has 5 heteroatoms. The van der Waals surface area contributed by atoms with Crippen LogP contribution >= 0.6 is 15.9 Å². The van der Waals surface area contributed by atoms with Crippen LogP contribution in [0, 0.1) is 0 Å². The molecule has 0 radical (unpaired) electrons. The van der Waals surface area contributed by atoms with Crippen LogP contribution < -0.4 is 5.32 Å². The Kier molecular flexibility index (Phi) is 6.24. The quantitative estimate of drug-likeness (QED) is 0.779. The van der Waals surface area contributed by atoms with Crippen molar-refractivity contribution in [1.82, 2.24) is 4.90 Å². The molecule has 25 heavy (non-hydrogen) atoms. The lowest BCUT2D eigenvalue weighted by atomic mass is 10.0. The molecule has 3 rings (SSSR count). The maximum Gasteiger partial charge on any atom is 0.246 e. The van der Waals surface area contributed by atoms with Crippen molar-refractivity contribution in [3.63, 3.8) is 0 Å². The fourth-order valence-electron chi connectivity index (χ4n) is 3.29. The van der Waals surface area contributed by atoms with Gasteiger partial charge in [-0.25, -0.2) is 0 Å². The summed E-state index contributed by atoms with van der Waals surface area (Å²) < 4.78 is 6.19. The Morgan fingerprint density at radius 3 is 2.60 bits per heavy atom. The molecule has 1 heterocycles. The SMILES string of the molecule is COCc1cccc(NC(=O)[C@@H](c2ccc(Br)cc2)N2CCCC2)c1. The fraction of sp³-hybridized carbons (Fsp3) is 0.350. The number of methoxy groups -OCH3 is 1. The summed E-state index contributed by atoms with van der Waals surface area (Å²) in [6.07, 6.45) is 2.28. The molecular weight excluding hydrogens is 380 g/mol. The van der Waals surface area contributed by atoms with Crippen LogP contribution in [0.4, 0.5) is 5.69 Å². The number of nitrogens with one attached hydrogen (secondary N) is 1. The lowest BCUT2D eigenvalue weighted by Crippen LogP contribution is -2.35. The van der Waals surface area contributed by atoms with Crippen LogP contribution in [0.25, 0.3) is 0 Å². The van der Waals surface area contributed by atoms with E-state index in [1.165, 1.54) is 0 Å². The molecule has 1 aliphatic rings. The number of hydrogen-bond acceptors (Lipinski definition) is 3. The number of amides is 1. The molecule has 2 aromatic rings. The van der Waals surface area contributed by atoms with E-state index in [0.29, 0.717) is 6.61 Å². The predicted molar refractivity (Wildman–Crippen MR) is 103 cm³/mol. The topological polar surface area (TPSA) is 41.6 Å². The monoisotopic (exact) mass is 402 g/mol. The summed E-state index contributed by atoms with van der Waals surface area (Å²) in [5.41, 5.74) is 2.87. The molecule has 1 fully saturated rings. The molecule has 2 aromatic carbocycles. The van der Waals surface area contributed by atoms with Gasteiger partial charge < -0.3 is 10.1 Å². The highest BCUT2D eigenvalue weighted by Gasteiger charge is 2.29. The van der Waals surface area contributed by atoms with Crippen molar-refractivity contribution in [2.75, 3.05) is 25.5 Å². The molecule has 0 spiro atoms. The third kappa shape index (κ3) is 4.69. The van der Waals surface area contributed by atoms with Gasteiger partial charge in [0.25, 0.3) is 0 Å². The van der Waals surface area contributed by atoms with Crippen LogP contribution in [0.5, 0.6) is 0 Å². The first-order chi connectivity index (χ1) is 12.2. The highest BCUT2D eigenvalue weighted by Crippen LogP contribution is 2.28. The van der Waals surface area contributed by atoms with Crippen molar-refractivity contribution in [1.29, 1.82) is 0 Å². The highest BCUT2D eigenvalue weighted by molar-refractivity contribution is 9.10. The van der Waals surface area contributed by atoms with Crippen molar-refractivity contribution < 1.29 is 9.53 Å². The van der Waals surface area contributed by atoms with Crippen LogP contribution in [0.3, 0.4) is 0 Å². The van der Waals surface area contributed by atoms with Gasteiger partial charge in [-0.3, -0.25) is 9.69 Å². The van der Waals surface area contributed by atoms with Gasteiger partial charge in [0.1, 0.15) is 6.04 Å². The number of anilines is 1. The minimum atomic E-state index is -0.262. The molecule has 1 N–H and O–H groups in total. The number of carbonyl (C=O) groups is 1. The molecular formula is C20H23BrN2O2. The molecule has 4 nitrogen and oxygen atoms in total. The molecule has 1 amide bonds. The largest absolute Gasteiger partial charge is 0.380 e. The van der Waals surface area contributed by atoms with Gasteiger partial charge in [-0.2, -0.15) is 0 Å². The minimum Gasteiger partial charge on any atom is -0.380 e. The van der Waals surface area contributed by atoms with Crippen molar-refractivity contribution in [3.05, 3.63) is 64.1 Å². The molecule has 1 atom stereocenters. The fourth-order valence-corrected chi connectivity index (χ4v) is 3.55. The van der Waals surface area contributed by atoms with E-state index in [9.17, 15) is 4.79 Å². The van der Waals surface area contributed by atoms with Crippen molar-refractivity contribution >= 4 is 27.5 Å². The van der Waals surface area contributed by atoms with Gasteiger partial charge in [-0.1, -0.05) is 40.2 Å².